The molecule has 0 radical (unpaired) electrons. The summed E-state index contributed by atoms with van der Waals surface area (Å²) in [6, 6.07) is 15.1. The van der Waals surface area contributed by atoms with E-state index in [-0.39, 0.29) is 17.2 Å². The van der Waals surface area contributed by atoms with Crippen molar-refractivity contribution in [2.45, 2.75) is 0 Å². The number of rotatable bonds is 12. The molecule has 194 valence electrons. The summed E-state index contributed by atoms with van der Waals surface area (Å²) in [4.78, 5) is 13.8. The van der Waals surface area contributed by atoms with Gasteiger partial charge in [-0.2, -0.15) is 0 Å². The van der Waals surface area contributed by atoms with E-state index in [4.69, 9.17) is 14.2 Å². The third kappa shape index (κ3) is 8.22. The summed E-state index contributed by atoms with van der Waals surface area (Å²) < 4.78 is 15.5. The Morgan fingerprint density at radius 2 is 0.865 bits per heavy atom. The Labute approximate surface area is 217 Å². The van der Waals surface area contributed by atoms with Crippen LogP contribution in [0.3, 0.4) is 0 Å². The molecule has 0 aromatic heterocycles. The highest BCUT2D eigenvalue weighted by atomic mass is 31.1. The molecule has 0 bridgehead atoms. The Morgan fingerprint density at radius 1 is 0.568 bits per heavy atom. The molecular weight excluding hydrogens is 493 g/mol. The van der Waals surface area contributed by atoms with E-state index < -0.39 is 7.92 Å². The molecule has 0 unspecified atom stereocenters. The summed E-state index contributed by atoms with van der Waals surface area (Å²) in [6.45, 7) is 0. The fraction of sp³-hybridized carbons (Fsp3) is 0.222. The van der Waals surface area contributed by atoms with E-state index in [9.17, 15) is 15.3 Å². The first-order chi connectivity index (χ1) is 17.9. The summed E-state index contributed by atoms with van der Waals surface area (Å²) in [5.41, 5.74) is 2.43. The number of hydrogen-bond acceptors (Lipinski definition) is 9. The van der Waals surface area contributed by atoms with Crippen molar-refractivity contribution in [1.82, 2.24) is 0 Å². The summed E-state index contributed by atoms with van der Waals surface area (Å²) >= 11 is 0. The van der Waals surface area contributed by atoms with E-state index >= 15 is 0 Å². The van der Waals surface area contributed by atoms with E-state index in [1.54, 1.807) is 73.2 Å². The van der Waals surface area contributed by atoms with Gasteiger partial charge in [-0.05, 0) is 79.2 Å². The third-order valence-corrected chi connectivity index (χ3v) is 6.87. The smallest absolute Gasteiger partial charge is 0.161 e. The number of benzene rings is 3. The summed E-state index contributed by atoms with van der Waals surface area (Å²) in [5.74, 6) is 1.36. The van der Waals surface area contributed by atoms with Crippen LogP contribution in [0.2, 0.25) is 0 Å². The summed E-state index contributed by atoms with van der Waals surface area (Å²) in [6.07, 6.45) is 6.81. The van der Waals surface area contributed by atoms with E-state index in [0.717, 1.165) is 16.7 Å². The highest BCUT2D eigenvalue weighted by molar-refractivity contribution is 7.57. The lowest BCUT2D eigenvalue weighted by atomic mass is 10.2. The lowest BCUT2D eigenvalue weighted by molar-refractivity contribution is 0.373. The Bertz CT molecular complexity index is 1120. The maximum Gasteiger partial charge on any atom is 0.161 e. The molecule has 3 aromatic rings. The van der Waals surface area contributed by atoms with Gasteiger partial charge in [0, 0.05) is 18.6 Å². The van der Waals surface area contributed by atoms with Crippen molar-refractivity contribution in [3.05, 3.63) is 71.3 Å². The summed E-state index contributed by atoms with van der Waals surface area (Å²) in [7, 11) is 3.76. The number of phenolic OH excluding ortho intramolecular Hbond substituents is 3. The zero-order chi connectivity index (χ0) is 26.6. The van der Waals surface area contributed by atoms with Crippen LogP contribution in [0, 0.1) is 0 Å². The average molecular weight is 524 g/mol. The van der Waals surface area contributed by atoms with Crippen molar-refractivity contribution in [2.24, 2.45) is 15.0 Å². The van der Waals surface area contributed by atoms with Crippen LogP contribution < -0.4 is 14.2 Å². The number of aromatic hydroxyl groups is 3. The van der Waals surface area contributed by atoms with Crippen LogP contribution in [0.1, 0.15) is 16.7 Å². The van der Waals surface area contributed by atoms with Crippen LogP contribution in [0.4, 0.5) is 0 Å². The molecule has 0 atom stereocenters. The van der Waals surface area contributed by atoms with Gasteiger partial charge >= 0.3 is 0 Å². The molecule has 0 heterocycles. The molecule has 37 heavy (non-hydrogen) atoms. The first-order valence-electron chi connectivity index (χ1n) is 11.3. The van der Waals surface area contributed by atoms with Gasteiger partial charge in [-0.1, -0.05) is 0 Å². The molecular formula is C27H30N3O6P. The third-order valence-electron chi connectivity index (χ3n) is 5.18. The molecule has 0 fully saturated rings. The van der Waals surface area contributed by atoms with Gasteiger partial charge in [0.1, 0.15) is 0 Å². The fourth-order valence-corrected chi connectivity index (χ4v) is 4.45. The maximum atomic E-state index is 9.79. The van der Waals surface area contributed by atoms with Crippen LogP contribution in [0.25, 0.3) is 0 Å². The molecule has 0 saturated carbocycles. The van der Waals surface area contributed by atoms with Gasteiger partial charge in [-0.3, -0.25) is 15.0 Å². The van der Waals surface area contributed by atoms with Crippen LogP contribution >= 0.6 is 7.92 Å². The van der Waals surface area contributed by atoms with E-state index in [2.05, 4.69) is 15.0 Å². The predicted octanol–water partition coefficient (Wildman–Crippen LogP) is 4.84. The first kappa shape index (κ1) is 27.5. The second-order valence-corrected chi connectivity index (χ2v) is 10.0. The van der Waals surface area contributed by atoms with Crippen LogP contribution in [0.15, 0.2) is 69.6 Å². The second kappa shape index (κ2) is 13.8. The topological polar surface area (TPSA) is 125 Å². The molecule has 0 aliphatic heterocycles. The minimum Gasteiger partial charge on any atom is -0.504 e. The molecule has 0 amide bonds. The highest BCUT2D eigenvalue weighted by Gasteiger charge is 2.07. The van der Waals surface area contributed by atoms with Gasteiger partial charge in [0.05, 0.1) is 40.2 Å². The van der Waals surface area contributed by atoms with E-state index in [1.807, 2.05) is 0 Å². The minimum atomic E-state index is -0.738. The number of aliphatic imine (C=N–C) groups is 3. The van der Waals surface area contributed by atoms with Gasteiger partial charge in [0.2, 0.25) is 0 Å². The monoisotopic (exact) mass is 523 g/mol. The predicted molar refractivity (Wildman–Crippen MR) is 148 cm³/mol. The van der Waals surface area contributed by atoms with Gasteiger partial charge in [-0.15, -0.1) is 0 Å². The zero-order valence-corrected chi connectivity index (χ0v) is 21.8. The normalized spacial score (nSPS) is 11.7. The van der Waals surface area contributed by atoms with Crippen molar-refractivity contribution < 1.29 is 29.5 Å². The Kier molecular flexibility index (Phi) is 10.3. The molecule has 10 heteroatoms. The largest absolute Gasteiger partial charge is 0.504 e. The number of hydrogen-bond donors (Lipinski definition) is 3. The molecule has 3 rings (SSSR count). The minimum absolute atomic E-state index is 0.0716. The van der Waals surface area contributed by atoms with Crippen LogP contribution in [-0.4, -0.2) is 74.2 Å². The van der Waals surface area contributed by atoms with Gasteiger partial charge in [0.25, 0.3) is 0 Å². The quantitative estimate of drug-likeness (QED) is 0.230. The van der Waals surface area contributed by atoms with Gasteiger partial charge in [-0.25, -0.2) is 0 Å². The van der Waals surface area contributed by atoms with Crippen molar-refractivity contribution in [1.29, 1.82) is 0 Å². The highest BCUT2D eigenvalue weighted by Crippen LogP contribution is 2.36. The van der Waals surface area contributed by atoms with E-state index in [1.165, 1.54) is 21.3 Å². The molecule has 9 nitrogen and oxygen atoms in total. The Hall–Kier alpha value is -4.10. The number of methoxy groups -OCH3 is 3. The van der Waals surface area contributed by atoms with Crippen LogP contribution in [0.5, 0.6) is 34.5 Å². The first-order valence-corrected chi connectivity index (χ1v) is 13.2. The Balaban J connectivity index is 1.71. The fourth-order valence-electron chi connectivity index (χ4n) is 3.24. The van der Waals surface area contributed by atoms with Gasteiger partial charge in [0.15, 0.2) is 34.5 Å². The number of phenols is 3. The number of nitrogens with zero attached hydrogens (tertiary/aromatic N) is 3. The molecule has 3 aromatic carbocycles. The van der Waals surface area contributed by atoms with Gasteiger partial charge < -0.3 is 29.5 Å². The molecule has 0 spiro atoms. The standard InChI is InChI=1S/C27H30N3O6P/c1-34-25-10-19(4-7-22(25)31)13-28-16-37(17-29-14-20-5-8-23(32)26(11-20)35-2)18-30-15-21-6-9-24(33)27(12-21)36-3/h4-15,31-33H,16-18H2,1-3H3/b28-13-,29-14+,30-15+. The maximum absolute atomic E-state index is 9.79. The lowest BCUT2D eigenvalue weighted by Gasteiger charge is -2.10. The molecule has 3 N–H and O–H groups in total. The Morgan fingerprint density at radius 3 is 1.14 bits per heavy atom. The number of ether oxygens (including phenoxy) is 3. The van der Waals surface area contributed by atoms with E-state index in [0.29, 0.717) is 36.1 Å². The molecule has 0 aliphatic carbocycles. The lowest BCUT2D eigenvalue weighted by Crippen LogP contribution is -1.94. The summed E-state index contributed by atoms with van der Waals surface area (Å²) in [5, 5.41) is 29.4. The SMILES string of the molecule is COc1cc(/C=N\CP(C/N=C/c2ccc(O)c(OC)c2)C/N=C/c2ccc(O)c(OC)c2)ccc1O. The van der Waals surface area contributed by atoms with Crippen molar-refractivity contribution in [2.75, 3.05) is 40.2 Å². The van der Waals surface area contributed by atoms with Crippen molar-refractivity contribution in [3.63, 3.8) is 0 Å². The molecule has 0 aliphatic rings. The average Bonchev–Trinajstić information content (AvgIpc) is 2.91. The second-order valence-electron chi connectivity index (χ2n) is 7.82. The van der Waals surface area contributed by atoms with Crippen LogP contribution in [-0.2, 0) is 0 Å². The zero-order valence-electron chi connectivity index (χ0n) is 20.9. The van der Waals surface area contributed by atoms with Crippen molar-refractivity contribution >= 4 is 26.6 Å². The molecule has 0 saturated heterocycles. The van der Waals surface area contributed by atoms with Crippen molar-refractivity contribution in [3.8, 4) is 34.5 Å².